The molecule has 1 aliphatic rings. The first-order valence-electron chi connectivity index (χ1n) is 6.33. The first-order valence-corrected chi connectivity index (χ1v) is 8.63. The number of hydrogen-bond donors (Lipinski definition) is 2. The molecule has 1 aromatic carbocycles. The number of benzene rings is 1. The number of nitrogens with zero attached hydrogens (tertiary/aromatic N) is 1. The van der Waals surface area contributed by atoms with E-state index in [1.54, 1.807) is 6.92 Å². The minimum absolute atomic E-state index is 0.251. The number of aryl methyl sites for hydroxylation is 1. The minimum atomic E-state index is -3.54. The highest BCUT2D eigenvalue weighted by Crippen LogP contribution is 2.27. The maximum absolute atomic E-state index is 12.3. The minimum Gasteiger partial charge on any atom is -0.312 e. The quantitative estimate of drug-likeness (QED) is 0.908. The van der Waals surface area contributed by atoms with Gasteiger partial charge in [-0.05, 0) is 37.1 Å². The molecule has 0 bridgehead atoms. The molecule has 1 aliphatic heterocycles. The fourth-order valence-electron chi connectivity index (χ4n) is 2.29. The molecule has 0 radical (unpaired) electrons. The zero-order valence-corrected chi connectivity index (χ0v) is 12.6. The molecule has 0 unspecified atom stereocenters. The predicted octanol–water partition coefficient (Wildman–Crippen LogP) is 1.90. The number of fused-ring (bicyclic) bond motifs is 1. The molecule has 2 N–H and O–H groups in total. The Morgan fingerprint density at radius 1 is 1.40 bits per heavy atom. The molecular formula is C13H15N3O2S2. The highest BCUT2D eigenvalue weighted by Gasteiger charge is 2.20. The van der Waals surface area contributed by atoms with E-state index in [1.165, 1.54) is 17.5 Å². The van der Waals surface area contributed by atoms with Gasteiger partial charge in [0.15, 0.2) is 4.21 Å². The van der Waals surface area contributed by atoms with E-state index in [9.17, 15) is 8.42 Å². The maximum Gasteiger partial charge on any atom is 0.273 e. The fourth-order valence-corrected chi connectivity index (χ4v) is 4.49. The number of thiazole rings is 1. The average Bonchev–Trinajstić information content (AvgIpc) is 2.86. The Hall–Kier alpha value is -1.44. The van der Waals surface area contributed by atoms with Crippen LogP contribution in [0.5, 0.6) is 0 Å². The molecule has 0 amide bonds. The number of rotatable bonds is 3. The van der Waals surface area contributed by atoms with Gasteiger partial charge in [0.1, 0.15) is 0 Å². The molecule has 0 saturated heterocycles. The molecule has 2 heterocycles. The summed E-state index contributed by atoms with van der Waals surface area (Å²) in [5, 5.41) is 4.02. The molecule has 0 spiro atoms. The van der Waals surface area contributed by atoms with Crippen LogP contribution in [0.15, 0.2) is 28.6 Å². The van der Waals surface area contributed by atoms with Crippen molar-refractivity contribution in [1.29, 1.82) is 0 Å². The molecule has 0 aliphatic carbocycles. The molecule has 5 nitrogen and oxygen atoms in total. The first-order chi connectivity index (χ1) is 9.56. The van der Waals surface area contributed by atoms with Crippen molar-refractivity contribution in [3.8, 4) is 0 Å². The third-order valence-corrected chi connectivity index (χ3v) is 5.99. The van der Waals surface area contributed by atoms with Gasteiger partial charge in [0, 0.05) is 6.54 Å². The van der Waals surface area contributed by atoms with Crippen molar-refractivity contribution < 1.29 is 8.42 Å². The standard InChI is InChI=1S/C13H15N3O2S2/c1-9-15-8-13(19-9)20(17,18)16-12-4-2-3-10-7-14-6-5-11(10)12/h2-4,8,14,16H,5-7H2,1H3. The van der Waals surface area contributed by atoms with Gasteiger partial charge in [-0.15, -0.1) is 11.3 Å². The summed E-state index contributed by atoms with van der Waals surface area (Å²) in [5.41, 5.74) is 2.91. The molecule has 0 atom stereocenters. The summed E-state index contributed by atoms with van der Waals surface area (Å²) >= 11 is 1.18. The van der Waals surface area contributed by atoms with Crippen LogP contribution in [-0.4, -0.2) is 19.9 Å². The van der Waals surface area contributed by atoms with Crippen LogP contribution < -0.4 is 10.0 Å². The lowest BCUT2D eigenvalue weighted by molar-refractivity contribution is 0.602. The number of sulfonamides is 1. The van der Waals surface area contributed by atoms with Crippen molar-refractivity contribution in [3.63, 3.8) is 0 Å². The summed E-state index contributed by atoms with van der Waals surface area (Å²) in [4.78, 5) is 4.00. The molecular weight excluding hydrogens is 294 g/mol. The Balaban J connectivity index is 1.95. The van der Waals surface area contributed by atoms with E-state index in [4.69, 9.17) is 0 Å². The number of nitrogens with one attached hydrogen (secondary N) is 2. The molecule has 0 saturated carbocycles. The van der Waals surface area contributed by atoms with Crippen molar-refractivity contribution in [2.24, 2.45) is 0 Å². The van der Waals surface area contributed by atoms with Crippen molar-refractivity contribution in [1.82, 2.24) is 10.3 Å². The van der Waals surface area contributed by atoms with Crippen LogP contribution in [0.1, 0.15) is 16.1 Å². The highest BCUT2D eigenvalue weighted by molar-refractivity contribution is 7.94. The van der Waals surface area contributed by atoms with Crippen LogP contribution in [0, 0.1) is 6.92 Å². The van der Waals surface area contributed by atoms with Crippen LogP contribution in [0.25, 0.3) is 0 Å². The van der Waals surface area contributed by atoms with Gasteiger partial charge >= 0.3 is 0 Å². The number of hydrogen-bond acceptors (Lipinski definition) is 5. The van der Waals surface area contributed by atoms with Crippen LogP contribution in [0.3, 0.4) is 0 Å². The van der Waals surface area contributed by atoms with Gasteiger partial charge in [-0.25, -0.2) is 13.4 Å². The van der Waals surface area contributed by atoms with Gasteiger partial charge in [-0.1, -0.05) is 12.1 Å². The van der Waals surface area contributed by atoms with Gasteiger partial charge in [-0.2, -0.15) is 0 Å². The summed E-state index contributed by atoms with van der Waals surface area (Å²) in [7, 11) is -3.54. The summed E-state index contributed by atoms with van der Waals surface area (Å²) in [6, 6.07) is 5.72. The lowest BCUT2D eigenvalue weighted by Gasteiger charge is -2.20. The largest absolute Gasteiger partial charge is 0.312 e. The molecule has 106 valence electrons. The zero-order valence-electron chi connectivity index (χ0n) is 11.0. The number of aromatic nitrogens is 1. The van der Waals surface area contributed by atoms with Crippen molar-refractivity contribution in [2.45, 2.75) is 24.1 Å². The fraction of sp³-hybridized carbons (Fsp3) is 0.308. The summed E-state index contributed by atoms with van der Waals surface area (Å²) in [6.07, 6.45) is 2.23. The normalized spacial score (nSPS) is 14.8. The Morgan fingerprint density at radius 3 is 3.00 bits per heavy atom. The van der Waals surface area contributed by atoms with Crippen molar-refractivity contribution in [2.75, 3.05) is 11.3 Å². The van der Waals surface area contributed by atoms with Crippen LogP contribution in [0.4, 0.5) is 5.69 Å². The summed E-state index contributed by atoms with van der Waals surface area (Å²) < 4.78 is 27.6. The third kappa shape index (κ3) is 2.56. The van der Waals surface area contributed by atoms with Gasteiger partial charge < -0.3 is 5.32 Å². The van der Waals surface area contributed by atoms with E-state index >= 15 is 0 Å². The summed E-state index contributed by atoms with van der Waals surface area (Å²) in [5.74, 6) is 0. The monoisotopic (exact) mass is 309 g/mol. The molecule has 20 heavy (non-hydrogen) atoms. The lowest BCUT2D eigenvalue weighted by atomic mass is 9.99. The predicted molar refractivity (Wildman–Crippen MR) is 79.5 cm³/mol. The molecule has 3 rings (SSSR count). The van der Waals surface area contributed by atoms with E-state index in [0.717, 1.165) is 35.6 Å². The van der Waals surface area contributed by atoms with Crippen LogP contribution >= 0.6 is 11.3 Å². The molecule has 0 fully saturated rings. The van der Waals surface area contributed by atoms with Crippen molar-refractivity contribution >= 4 is 27.0 Å². The average molecular weight is 309 g/mol. The van der Waals surface area contributed by atoms with Gasteiger partial charge in [-0.3, -0.25) is 4.72 Å². The van der Waals surface area contributed by atoms with Gasteiger partial charge in [0.05, 0.1) is 16.9 Å². The first kappa shape index (κ1) is 13.5. The second-order valence-electron chi connectivity index (χ2n) is 4.67. The lowest BCUT2D eigenvalue weighted by Crippen LogP contribution is -2.25. The third-order valence-electron chi connectivity index (χ3n) is 3.25. The molecule has 2 aromatic rings. The van der Waals surface area contributed by atoms with Crippen molar-refractivity contribution in [3.05, 3.63) is 40.5 Å². The van der Waals surface area contributed by atoms with Gasteiger partial charge in [0.2, 0.25) is 0 Å². The zero-order chi connectivity index (χ0) is 14.2. The highest BCUT2D eigenvalue weighted by atomic mass is 32.2. The van der Waals surface area contributed by atoms with Gasteiger partial charge in [0.25, 0.3) is 10.0 Å². The molecule has 7 heteroatoms. The van der Waals surface area contributed by atoms with E-state index < -0.39 is 10.0 Å². The second kappa shape index (κ2) is 5.16. The SMILES string of the molecule is Cc1ncc(S(=O)(=O)Nc2cccc3c2CCNC3)s1. The Labute approximate surface area is 122 Å². The van der Waals surface area contributed by atoms with Crippen LogP contribution in [0.2, 0.25) is 0 Å². The van der Waals surface area contributed by atoms with E-state index in [1.807, 2.05) is 18.2 Å². The topological polar surface area (TPSA) is 71.1 Å². The van der Waals surface area contributed by atoms with E-state index in [0.29, 0.717) is 5.69 Å². The van der Waals surface area contributed by atoms with E-state index in [-0.39, 0.29) is 4.21 Å². The molecule has 1 aromatic heterocycles. The number of anilines is 1. The Kier molecular flexibility index (Phi) is 3.49. The second-order valence-corrected chi connectivity index (χ2v) is 7.82. The van der Waals surface area contributed by atoms with Crippen LogP contribution in [-0.2, 0) is 23.0 Å². The Bertz CT molecular complexity index is 738. The summed E-state index contributed by atoms with van der Waals surface area (Å²) in [6.45, 7) is 3.44. The van der Waals surface area contributed by atoms with E-state index in [2.05, 4.69) is 15.0 Å². The Morgan fingerprint density at radius 2 is 2.25 bits per heavy atom. The smallest absolute Gasteiger partial charge is 0.273 e. The maximum atomic E-state index is 12.3.